The number of para-hydroxylation sites is 2. The minimum Gasteiger partial charge on any atom is -0.493 e. The fraction of sp³-hybridized carbons (Fsp3) is 0.250. The maximum Gasteiger partial charge on any atom is 0.161 e. The van der Waals surface area contributed by atoms with Gasteiger partial charge in [0.05, 0.1) is 24.7 Å². The summed E-state index contributed by atoms with van der Waals surface area (Å²) in [6.07, 6.45) is 2.66. The van der Waals surface area contributed by atoms with Crippen LogP contribution in [0, 0.1) is 13.8 Å². The highest BCUT2D eigenvalue weighted by Gasteiger charge is 2.13. The van der Waals surface area contributed by atoms with E-state index in [2.05, 4.69) is 49.3 Å². The summed E-state index contributed by atoms with van der Waals surface area (Å²) in [6.45, 7) is 9.49. The van der Waals surface area contributed by atoms with Crippen LogP contribution >= 0.6 is 0 Å². The molecule has 1 heterocycles. The van der Waals surface area contributed by atoms with Gasteiger partial charge in [0.1, 0.15) is 24.8 Å². The Hall–Kier alpha value is -3.73. The van der Waals surface area contributed by atoms with Crippen molar-refractivity contribution in [1.82, 2.24) is 9.55 Å². The monoisotopic (exact) mass is 442 g/mol. The molecule has 5 heteroatoms. The summed E-state index contributed by atoms with van der Waals surface area (Å²) in [5, 5.41) is 0. The molecule has 4 rings (SSSR count). The second kappa shape index (κ2) is 10.3. The van der Waals surface area contributed by atoms with E-state index in [1.165, 1.54) is 11.1 Å². The van der Waals surface area contributed by atoms with Crippen molar-refractivity contribution in [3.05, 3.63) is 95.8 Å². The molecule has 0 radical (unpaired) electrons. The lowest BCUT2D eigenvalue weighted by atomic mass is 10.1. The van der Waals surface area contributed by atoms with Crippen molar-refractivity contribution in [2.24, 2.45) is 0 Å². The van der Waals surface area contributed by atoms with E-state index in [1.54, 1.807) is 7.11 Å². The van der Waals surface area contributed by atoms with E-state index < -0.39 is 0 Å². The molecule has 0 aliphatic carbocycles. The van der Waals surface area contributed by atoms with Gasteiger partial charge in [-0.25, -0.2) is 4.98 Å². The molecule has 0 spiro atoms. The Labute approximate surface area is 195 Å². The number of fused-ring (bicyclic) bond motifs is 1. The first-order valence-electron chi connectivity index (χ1n) is 11.1. The third-order valence-electron chi connectivity index (χ3n) is 5.48. The number of hydrogen-bond acceptors (Lipinski definition) is 4. The van der Waals surface area contributed by atoms with Crippen LogP contribution in [0.4, 0.5) is 0 Å². The molecule has 5 nitrogen and oxygen atoms in total. The average molecular weight is 443 g/mol. The number of allylic oxidation sites excluding steroid dienone is 1. The van der Waals surface area contributed by atoms with Crippen molar-refractivity contribution >= 4 is 11.0 Å². The third kappa shape index (κ3) is 5.37. The van der Waals surface area contributed by atoms with Crippen LogP contribution in [0.25, 0.3) is 11.0 Å². The number of benzene rings is 3. The van der Waals surface area contributed by atoms with E-state index in [4.69, 9.17) is 19.2 Å². The standard InChI is InChI=1S/C28H30N2O3/c1-5-8-22-11-12-26(27(18-22)31-4)33-19-28-29-24-9-6-7-10-25(24)30(28)13-14-32-23-16-20(2)15-21(3)17-23/h5-7,9-12,15-18H,1,8,13-14,19H2,2-4H3. The van der Waals surface area contributed by atoms with Crippen molar-refractivity contribution in [3.63, 3.8) is 0 Å². The Bertz CT molecular complexity index is 1240. The minimum absolute atomic E-state index is 0.329. The Kier molecular flexibility index (Phi) is 6.98. The maximum atomic E-state index is 6.14. The van der Waals surface area contributed by atoms with Gasteiger partial charge in [-0.1, -0.05) is 30.3 Å². The molecular weight excluding hydrogens is 412 g/mol. The quantitative estimate of drug-likeness (QED) is 0.281. The third-order valence-corrected chi connectivity index (χ3v) is 5.48. The highest BCUT2D eigenvalue weighted by Crippen LogP contribution is 2.29. The lowest BCUT2D eigenvalue weighted by Gasteiger charge is -2.14. The Morgan fingerprint density at radius 2 is 1.73 bits per heavy atom. The molecule has 0 amide bonds. The molecule has 0 saturated carbocycles. The summed E-state index contributed by atoms with van der Waals surface area (Å²) >= 11 is 0. The fourth-order valence-electron chi connectivity index (χ4n) is 4.02. The number of nitrogens with zero attached hydrogens (tertiary/aromatic N) is 2. The van der Waals surface area contributed by atoms with Gasteiger partial charge < -0.3 is 18.8 Å². The Morgan fingerprint density at radius 3 is 2.48 bits per heavy atom. The molecule has 170 valence electrons. The molecule has 33 heavy (non-hydrogen) atoms. The van der Waals surface area contributed by atoms with E-state index >= 15 is 0 Å². The lowest BCUT2D eigenvalue weighted by Crippen LogP contribution is -2.13. The number of imidazole rings is 1. The predicted molar refractivity (Wildman–Crippen MR) is 132 cm³/mol. The fourth-order valence-corrected chi connectivity index (χ4v) is 4.02. The van der Waals surface area contributed by atoms with E-state index in [0.29, 0.717) is 31.3 Å². The summed E-state index contributed by atoms with van der Waals surface area (Å²) < 4.78 is 19.9. The zero-order chi connectivity index (χ0) is 23.2. The highest BCUT2D eigenvalue weighted by atomic mass is 16.5. The highest BCUT2D eigenvalue weighted by molar-refractivity contribution is 5.75. The van der Waals surface area contributed by atoms with E-state index in [0.717, 1.165) is 34.6 Å². The van der Waals surface area contributed by atoms with Crippen LogP contribution in [0.2, 0.25) is 0 Å². The van der Waals surface area contributed by atoms with Gasteiger partial charge in [-0.15, -0.1) is 6.58 Å². The Balaban J connectivity index is 1.52. The zero-order valence-corrected chi connectivity index (χ0v) is 19.5. The van der Waals surface area contributed by atoms with Crippen molar-refractivity contribution in [3.8, 4) is 17.2 Å². The van der Waals surface area contributed by atoms with Crippen LogP contribution in [-0.4, -0.2) is 23.3 Å². The summed E-state index contributed by atoms with van der Waals surface area (Å²) in [6, 6.07) is 20.3. The summed E-state index contributed by atoms with van der Waals surface area (Å²) in [4.78, 5) is 4.81. The van der Waals surface area contributed by atoms with Crippen molar-refractivity contribution < 1.29 is 14.2 Å². The maximum absolute atomic E-state index is 6.14. The molecule has 0 unspecified atom stereocenters. The summed E-state index contributed by atoms with van der Waals surface area (Å²) in [5.41, 5.74) is 5.52. The smallest absolute Gasteiger partial charge is 0.161 e. The molecule has 3 aromatic carbocycles. The van der Waals surface area contributed by atoms with E-state index in [-0.39, 0.29) is 0 Å². The van der Waals surface area contributed by atoms with Crippen molar-refractivity contribution in [1.29, 1.82) is 0 Å². The van der Waals surface area contributed by atoms with Crippen LogP contribution in [0.1, 0.15) is 22.5 Å². The van der Waals surface area contributed by atoms with Crippen LogP contribution in [0.3, 0.4) is 0 Å². The zero-order valence-electron chi connectivity index (χ0n) is 19.5. The van der Waals surface area contributed by atoms with Crippen molar-refractivity contribution in [2.75, 3.05) is 13.7 Å². The lowest BCUT2D eigenvalue weighted by molar-refractivity contribution is 0.261. The van der Waals surface area contributed by atoms with Crippen molar-refractivity contribution in [2.45, 2.75) is 33.4 Å². The first kappa shape index (κ1) is 22.5. The number of methoxy groups -OCH3 is 1. The predicted octanol–water partition coefficient (Wildman–Crippen LogP) is 6.05. The van der Waals surface area contributed by atoms with Gasteiger partial charge in [0.15, 0.2) is 11.5 Å². The first-order chi connectivity index (χ1) is 16.1. The largest absolute Gasteiger partial charge is 0.493 e. The molecule has 0 atom stereocenters. The minimum atomic E-state index is 0.329. The van der Waals surface area contributed by atoms with Gasteiger partial charge in [0.2, 0.25) is 0 Å². The topological polar surface area (TPSA) is 45.5 Å². The van der Waals surface area contributed by atoms with Gasteiger partial charge in [-0.3, -0.25) is 0 Å². The molecule has 0 N–H and O–H groups in total. The number of aromatic nitrogens is 2. The average Bonchev–Trinajstić information content (AvgIpc) is 3.15. The molecule has 0 aliphatic heterocycles. The number of hydrogen-bond donors (Lipinski definition) is 0. The van der Waals surface area contributed by atoms with Crippen LogP contribution in [0.5, 0.6) is 17.2 Å². The molecular formula is C28H30N2O3. The normalized spacial score (nSPS) is 10.9. The van der Waals surface area contributed by atoms with Gasteiger partial charge >= 0.3 is 0 Å². The van der Waals surface area contributed by atoms with Crippen LogP contribution in [0.15, 0.2) is 73.3 Å². The Morgan fingerprint density at radius 1 is 0.939 bits per heavy atom. The summed E-state index contributed by atoms with van der Waals surface area (Å²) in [5.74, 6) is 3.13. The molecule has 0 bridgehead atoms. The van der Waals surface area contributed by atoms with E-state index in [9.17, 15) is 0 Å². The number of ether oxygens (including phenoxy) is 3. The number of rotatable bonds is 10. The molecule has 0 saturated heterocycles. The SMILES string of the molecule is C=CCc1ccc(OCc2nc3ccccc3n2CCOc2cc(C)cc(C)c2)c(OC)c1. The van der Waals surface area contributed by atoms with Gasteiger partial charge in [-0.05, 0) is 73.4 Å². The van der Waals surface area contributed by atoms with Gasteiger partial charge in [0, 0.05) is 0 Å². The van der Waals surface area contributed by atoms with Gasteiger partial charge in [0.25, 0.3) is 0 Å². The molecule has 4 aromatic rings. The van der Waals surface area contributed by atoms with Gasteiger partial charge in [-0.2, -0.15) is 0 Å². The molecule has 0 aliphatic rings. The second-order valence-corrected chi connectivity index (χ2v) is 8.11. The van der Waals surface area contributed by atoms with Crippen LogP contribution in [-0.2, 0) is 19.6 Å². The number of aryl methyl sites for hydroxylation is 2. The first-order valence-corrected chi connectivity index (χ1v) is 11.1. The molecule has 1 aromatic heterocycles. The second-order valence-electron chi connectivity index (χ2n) is 8.11. The van der Waals surface area contributed by atoms with E-state index in [1.807, 2.05) is 42.5 Å². The molecule has 0 fully saturated rings. The summed E-state index contributed by atoms with van der Waals surface area (Å²) in [7, 11) is 1.65. The van der Waals surface area contributed by atoms with Crippen LogP contribution < -0.4 is 14.2 Å².